The SMILES string of the molecule is Oc1ccc(/C=C/C[C@@H]2C[C@@H](C(O)c3ccc(O)cc3)COC2c2ccc(O)cc2)cc1. The van der Waals surface area contributed by atoms with E-state index in [9.17, 15) is 20.4 Å². The van der Waals surface area contributed by atoms with Gasteiger partial charge in [-0.05, 0) is 71.8 Å². The van der Waals surface area contributed by atoms with E-state index in [-0.39, 0.29) is 35.2 Å². The van der Waals surface area contributed by atoms with Gasteiger partial charge in [-0.1, -0.05) is 48.6 Å². The van der Waals surface area contributed by atoms with Crippen molar-refractivity contribution >= 4 is 6.08 Å². The van der Waals surface area contributed by atoms with Gasteiger partial charge in [0.15, 0.2) is 0 Å². The van der Waals surface area contributed by atoms with Gasteiger partial charge < -0.3 is 25.2 Å². The van der Waals surface area contributed by atoms with E-state index in [0.29, 0.717) is 6.61 Å². The summed E-state index contributed by atoms with van der Waals surface area (Å²) in [7, 11) is 0. The topological polar surface area (TPSA) is 90.2 Å². The number of aromatic hydroxyl groups is 3. The maximum Gasteiger partial charge on any atom is 0.115 e. The van der Waals surface area contributed by atoms with E-state index < -0.39 is 6.10 Å². The summed E-state index contributed by atoms with van der Waals surface area (Å²) in [5.74, 6) is 0.694. The molecular formula is C27H28O5. The van der Waals surface area contributed by atoms with Gasteiger partial charge in [0, 0.05) is 5.92 Å². The minimum absolute atomic E-state index is 0.0695. The molecule has 0 spiro atoms. The van der Waals surface area contributed by atoms with Crippen molar-refractivity contribution in [3.8, 4) is 17.2 Å². The summed E-state index contributed by atoms with van der Waals surface area (Å²) in [4.78, 5) is 0. The highest BCUT2D eigenvalue weighted by Gasteiger charge is 2.35. The minimum atomic E-state index is -0.681. The third-order valence-electron chi connectivity index (χ3n) is 6.07. The van der Waals surface area contributed by atoms with Gasteiger partial charge >= 0.3 is 0 Å². The number of phenols is 3. The van der Waals surface area contributed by atoms with Crippen LogP contribution in [0, 0.1) is 11.8 Å². The van der Waals surface area contributed by atoms with E-state index in [1.54, 1.807) is 48.5 Å². The van der Waals surface area contributed by atoms with Crippen molar-refractivity contribution in [2.75, 3.05) is 6.61 Å². The first-order chi connectivity index (χ1) is 15.5. The normalized spacial score (nSPS) is 22.1. The van der Waals surface area contributed by atoms with Gasteiger partial charge in [-0.3, -0.25) is 0 Å². The molecule has 32 heavy (non-hydrogen) atoms. The lowest BCUT2D eigenvalue weighted by Crippen LogP contribution is -2.32. The first-order valence-corrected chi connectivity index (χ1v) is 10.8. The highest BCUT2D eigenvalue weighted by molar-refractivity contribution is 5.50. The second-order valence-corrected chi connectivity index (χ2v) is 8.37. The molecule has 1 saturated heterocycles. The number of aliphatic hydroxyl groups is 1. The minimum Gasteiger partial charge on any atom is -0.508 e. The molecule has 3 aromatic carbocycles. The van der Waals surface area contributed by atoms with Crippen molar-refractivity contribution in [3.05, 3.63) is 95.6 Å². The second-order valence-electron chi connectivity index (χ2n) is 8.37. The van der Waals surface area contributed by atoms with Crippen molar-refractivity contribution in [1.29, 1.82) is 0 Å². The number of rotatable bonds is 6. The molecule has 3 aromatic rings. The summed E-state index contributed by atoms with van der Waals surface area (Å²) in [5, 5.41) is 39.6. The molecule has 0 saturated carbocycles. The van der Waals surface area contributed by atoms with E-state index in [1.807, 2.05) is 30.3 Å². The molecule has 5 heteroatoms. The van der Waals surface area contributed by atoms with Crippen LogP contribution in [-0.4, -0.2) is 27.0 Å². The Morgan fingerprint density at radius 1 is 0.812 bits per heavy atom. The molecule has 1 aliphatic rings. The monoisotopic (exact) mass is 432 g/mol. The van der Waals surface area contributed by atoms with E-state index in [1.165, 1.54) is 0 Å². The predicted octanol–water partition coefficient (Wildman–Crippen LogP) is 5.33. The zero-order chi connectivity index (χ0) is 22.5. The van der Waals surface area contributed by atoms with E-state index in [4.69, 9.17) is 4.74 Å². The fourth-order valence-corrected chi connectivity index (χ4v) is 4.32. The van der Waals surface area contributed by atoms with Crippen LogP contribution in [0.4, 0.5) is 0 Å². The number of benzene rings is 3. The van der Waals surface area contributed by atoms with Crippen LogP contribution in [0.3, 0.4) is 0 Å². The lowest BCUT2D eigenvalue weighted by atomic mass is 9.79. The Bertz CT molecular complexity index is 1030. The molecule has 4 atom stereocenters. The Balaban J connectivity index is 1.51. The van der Waals surface area contributed by atoms with Crippen LogP contribution in [0.5, 0.6) is 17.2 Å². The summed E-state index contributed by atoms with van der Waals surface area (Å²) < 4.78 is 6.26. The lowest BCUT2D eigenvalue weighted by Gasteiger charge is -2.38. The van der Waals surface area contributed by atoms with Gasteiger partial charge in [0.05, 0.1) is 18.8 Å². The summed E-state index contributed by atoms with van der Waals surface area (Å²) in [6, 6.07) is 20.8. The number of ether oxygens (including phenoxy) is 1. The zero-order valence-corrected chi connectivity index (χ0v) is 17.7. The van der Waals surface area contributed by atoms with Crippen LogP contribution in [-0.2, 0) is 4.74 Å². The first-order valence-electron chi connectivity index (χ1n) is 10.8. The fraction of sp³-hybridized carbons (Fsp3) is 0.259. The first kappa shape index (κ1) is 21.9. The molecular weight excluding hydrogens is 404 g/mol. The molecule has 1 fully saturated rings. The maximum absolute atomic E-state index is 10.9. The highest BCUT2D eigenvalue weighted by atomic mass is 16.5. The molecule has 0 aromatic heterocycles. The third kappa shape index (κ3) is 5.31. The molecule has 2 unspecified atom stereocenters. The summed E-state index contributed by atoms with van der Waals surface area (Å²) in [6.07, 6.45) is 4.83. The molecule has 4 N–H and O–H groups in total. The maximum atomic E-state index is 10.9. The average Bonchev–Trinajstić information content (AvgIpc) is 2.81. The average molecular weight is 433 g/mol. The van der Waals surface area contributed by atoms with Gasteiger partial charge in [0.2, 0.25) is 0 Å². The Hall–Kier alpha value is -3.28. The number of aliphatic hydroxyl groups excluding tert-OH is 1. The highest BCUT2D eigenvalue weighted by Crippen LogP contribution is 2.42. The Morgan fingerprint density at radius 3 is 2.00 bits per heavy atom. The lowest BCUT2D eigenvalue weighted by molar-refractivity contribution is -0.0900. The summed E-state index contributed by atoms with van der Waals surface area (Å²) in [5.41, 5.74) is 2.77. The van der Waals surface area contributed by atoms with Gasteiger partial charge in [0.1, 0.15) is 17.2 Å². The third-order valence-corrected chi connectivity index (χ3v) is 6.07. The van der Waals surface area contributed by atoms with Gasteiger partial charge in [-0.25, -0.2) is 0 Å². The predicted molar refractivity (Wildman–Crippen MR) is 123 cm³/mol. The Morgan fingerprint density at radius 2 is 1.38 bits per heavy atom. The standard InChI is InChI=1S/C27H28O5/c28-23-10-4-18(5-11-23)2-1-3-21-16-22(26(31)19-6-12-24(29)13-7-19)17-32-27(21)20-8-14-25(30)15-9-20/h1-2,4-15,21-22,26-31H,3,16-17H2/b2-1+/t21-,22-,26?,27?/m1/s1. The quantitative estimate of drug-likeness (QED) is 0.422. The fourth-order valence-electron chi connectivity index (χ4n) is 4.32. The second kappa shape index (κ2) is 9.90. The van der Waals surface area contributed by atoms with Crippen LogP contribution >= 0.6 is 0 Å². The molecule has 0 aliphatic carbocycles. The van der Waals surface area contributed by atoms with Crippen LogP contribution in [0.1, 0.15) is 41.7 Å². The van der Waals surface area contributed by atoms with Gasteiger partial charge in [0.25, 0.3) is 0 Å². The van der Waals surface area contributed by atoms with Gasteiger partial charge in [-0.15, -0.1) is 0 Å². The molecule has 0 radical (unpaired) electrons. The molecule has 5 nitrogen and oxygen atoms in total. The van der Waals surface area contributed by atoms with Crippen LogP contribution in [0.2, 0.25) is 0 Å². The molecule has 0 bridgehead atoms. The number of hydrogen-bond acceptors (Lipinski definition) is 5. The Labute approximate surface area is 187 Å². The molecule has 1 heterocycles. The zero-order valence-electron chi connectivity index (χ0n) is 17.7. The van der Waals surface area contributed by atoms with E-state index in [2.05, 4.69) is 6.08 Å². The van der Waals surface area contributed by atoms with E-state index >= 15 is 0 Å². The van der Waals surface area contributed by atoms with Crippen molar-refractivity contribution in [2.45, 2.75) is 25.0 Å². The molecule has 166 valence electrons. The summed E-state index contributed by atoms with van der Waals surface area (Å²) >= 11 is 0. The van der Waals surface area contributed by atoms with Gasteiger partial charge in [-0.2, -0.15) is 0 Å². The Kier molecular flexibility index (Phi) is 6.78. The largest absolute Gasteiger partial charge is 0.508 e. The summed E-state index contributed by atoms with van der Waals surface area (Å²) in [6.45, 7) is 0.422. The molecule has 0 amide bonds. The van der Waals surface area contributed by atoms with Crippen molar-refractivity contribution in [1.82, 2.24) is 0 Å². The van der Waals surface area contributed by atoms with E-state index in [0.717, 1.165) is 29.5 Å². The van der Waals surface area contributed by atoms with Crippen molar-refractivity contribution in [3.63, 3.8) is 0 Å². The number of hydrogen-bond donors (Lipinski definition) is 4. The van der Waals surface area contributed by atoms with Crippen LogP contribution in [0.15, 0.2) is 78.9 Å². The smallest absolute Gasteiger partial charge is 0.115 e. The van der Waals surface area contributed by atoms with Crippen LogP contribution < -0.4 is 0 Å². The van der Waals surface area contributed by atoms with Crippen LogP contribution in [0.25, 0.3) is 6.08 Å². The number of phenolic OH excluding ortho intramolecular Hbond substituents is 3. The molecule has 1 aliphatic heterocycles. The van der Waals surface area contributed by atoms with Crippen molar-refractivity contribution < 1.29 is 25.2 Å². The van der Waals surface area contributed by atoms with Crippen molar-refractivity contribution in [2.24, 2.45) is 11.8 Å². The molecule has 4 rings (SSSR count). The number of allylic oxidation sites excluding steroid dienone is 1.